The van der Waals surface area contributed by atoms with Crippen LogP contribution in [0.1, 0.15) is 27.6 Å². The van der Waals surface area contributed by atoms with Crippen molar-refractivity contribution in [2.24, 2.45) is 0 Å². The molecule has 64 valence electrons. The van der Waals surface area contributed by atoms with Crippen molar-refractivity contribution in [2.45, 2.75) is 26.2 Å². The molecule has 0 saturated heterocycles. The predicted octanol–water partition coefficient (Wildman–Crippen LogP) is -1.89. The van der Waals surface area contributed by atoms with E-state index >= 15 is 0 Å². The van der Waals surface area contributed by atoms with Crippen LogP contribution in [0.5, 0.6) is 0 Å². The van der Waals surface area contributed by atoms with Gasteiger partial charge in [0.15, 0.2) is 0 Å². The summed E-state index contributed by atoms with van der Waals surface area (Å²) in [6.45, 7) is 2.07. The summed E-state index contributed by atoms with van der Waals surface area (Å²) in [5, 5.41) is 0. The Morgan fingerprint density at radius 3 is 2.36 bits per heavy atom. The zero-order valence-corrected chi connectivity index (χ0v) is 12.6. The Hall–Kier alpha value is 1.68. The first kappa shape index (κ1) is 15.2. The molecule has 1 N–H and O–H groups in total. The maximum Gasteiger partial charge on any atom is 1.00 e. The summed E-state index contributed by atoms with van der Waals surface area (Å²) in [7, 11) is -4.20. The first-order chi connectivity index (χ1) is 4.56. The Bertz CT molecular complexity index is 170. The SMILES string of the molecule is CCCCCOS(=O)(=O)O.[H-].[Rb+]. The van der Waals surface area contributed by atoms with Crippen molar-refractivity contribution in [3.63, 3.8) is 0 Å². The molecule has 4 nitrogen and oxygen atoms in total. The van der Waals surface area contributed by atoms with Gasteiger partial charge < -0.3 is 1.43 Å². The zero-order valence-electron chi connectivity index (χ0n) is 7.91. The van der Waals surface area contributed by atoms with Crippen LogP contribution in [0.3, 0.4) is 0 Å². The Kier molecular flexibility index (Phi) is 11.4. The van der Waals surface area contributed by atoms with Gasteiger partial charge in [-0.25, -0.2) is 4.18 Å². The molecule has 0 unspecified atom stereocenters. The zero-order chi connectivity index (χ0) is 8.04. The molecular weight excluding hydrogens is 242 g/mol. The van der Waals surface area contributed by atoms with Crippen LogP contribution in [0.15, 0.2) is 0 Å². The van der Waals surface area contributed by atoms with Crippen LogP contribution in [0.2, 0.25) is 0 Å². The van der Waals surface area contributed by atoms with E-state index < -0.39 is 10.4 Å². The van der Waals surface area contributed by atoms with E-state index in [2.05, 4.69) is 4.18 Å². The van der Waals surface area contributed by atoms with Crippen LogP contribution in [0.4, 0.5) is 0 Å². The summed E-state index contributed by atoms with van der Waals surface area (Å²) in [5.74, 6) is 0. The summed E-state index contributed by atoms with van der Waals surface area (Å²) >= 11 is 0. The molecular formula is C5H13O4RbS. The third-order valence-corrected chi connectivity index (χ3v) is 1.44. The van der Waals surface area contributed by atoms with Crippen LogP contribution in [-0.2, 0) is 14.6 Å². The minimum Gasteiger partial charge on any atom is -1.00 e. The number of hydrogen-bond acceptors (Lipinski definition) is 3. The smallest absolute Gasteiger partial charge is 1.00 e. The molecule has 0 aliphatic carbocycles. The van der Waals surface area contributed by atoms with Crippen molar-refractivity contribution in [2.75, 3.05) is 6.61 Å². The van der Waals surface area contributed by atoms with Gasteiger partial charge in [-0.3, -0.25) is 4.55 Å². The normalized spacial score (nSPS) is 10.7. The van der Waals surface area contributed by atoms with E-state index in [4.69, 9.17) is 4.55 Å². The standard InChI is InChI=1S/C5H12O4S.Rb.H/c1-2-3-4-5-9-10(6,7)8;;/h2-5H2,1H3,(H,6,7,8);;/q;+1;-1. The van der Waals surface area contributed by atoms with E-state index in [1.807, 2.05) is 6.92 Å². The van der Waals surface area contributed by atoms with Crippen LogP contribution in [-0.4, -0.2) is 19.6 Å². The Morgan fingerprint density at radius 1 is 1.45 bits per heavy atom. The van der Waals surface area contributed by atoms with Gasteiger partial charge in [0.05, 0.1) is 6.61 Å². The Morgan fingerprint density at radius 2 is 2.00 bits per heavy atom. The quantitative estimate of drug-likeness (QED) is 0.461. The monoisotopic (exact) mass is 254 g/mol. The van der Waals surface area contributed by atoms with Gasteiger partial charge in [-0.15, -0.1) is 0 Å². The van der Waals surface area contributed by atoms with Gasteiger partial charge in [0.2, 0.25) is 0 Å². The summed E-state index contributed by atoms with van der Waals surface area (Å²) < 4.78 is 32.0. The molecule has 0 amide bonds. The second kappa shape index (κ2) is 8.28. The van der Waals surface area contributed by atoms with Crippen molar-refractivity contribution in [1.29, 1.82) is 0 Å². The predicted molar refractivity (Wildman–Crippen MR) is 38.1 cm³/mol. The van der Waals surface area contributed by atoms with E-state index in [1.165, 1.54) is 0 Å². The number of rotatable bonds is 5. The van der Waals surface area contributed by atoms with Gasteiger partial charge in [0.25, 0.3) is 0 Å². The molecule has 0 bridgehead atoms. The van der Waals surface area contributed by atoms with Crippen molar-refractivity contribution in [3.05, 3.63) is 0 Å². The van der Waals surface area contributed by atoms with Crippen molar-refractivity contribution < 1.29 is 76.8 Å². The molecule has 0 aromatic carbocycles. The molecule has 0 fully saturated rings. The van der Waals surface area contributed by atoms with E-state index in [0.29, 0.717) is 6.42 Å². The molecule has 0 saturated carbocycles. The van der Waals surface area contributed by atoms with E-state index in [9.17, 15) is 8.42 Å². The molecule has 0 heterocycles. The first-order valence-corrected chi connectivity index (χ1v) is 4.54. The molecule has 0 atom stereocenters. The topological polar surface area (TPSA) is 63.6 Å². The second-order valence-corrected chi connectivity index (χ2v) is 3.05. The van der Waals surface area contributed by atoms with Crippen LogP contribution >= 0.6 is 0 Å². The van der Waals surface area contributed by atoms with E-state index in [1.54, 1.807) is 0 Å². The molecule has 6 heteroatoms. The van der Waals surface area contributed by atoms with Crippen LogP contribution in [0.25, 0.3) is 0 Å². The summed E-state index contributed by atoms with van der Waals surface area (Å²) in [4.78, 5) is 0. The van der Waals surface area contributed by atoms with Gasteiger partial charge in [0, 0.05) is 0 Å². The Labute approximate surface area is 118 Å². The fourth-order valence-electron chi connectivity index (χ4n) is 0.516. The molecule has 0 rings (SSSR count). The Balaban J connectivity index is -0.000000405. The number of unbranched alkanes of at least 4 members (excludes halogenated alkanes) is 2. The minimum absolute atomic E-state index is 0. The van der Waals surface area contributed by atoms with E-state index in [-0.39, 0.29) is 66.2 Å². The molecule has 11 heavy (non-hydrogen) atoms. The third kappa shape index (κ3) is 14.5. The van der Waals surface area contributed by atoms with Gasteiger partial charge >= 0.3 is 68.6 Å². The summed E-state index contributed by atoms with van der Waals surface area (Å²) in [5.41, 5.74) is 0. The van der Waals surface area contributed by atoms with Crippen molar-refractivity contribution >= 4 is 10.4 Å². The van der Waals surface area contributed by atoms with Gasteiger partial charge in [-0.2, -0.15) is 8.42 Å². The molecule has 0 aliphatic rings. The van der Waals surface area contributed by atoms with Gasteiger partial charge in [-0.05, 0) is 6.42 Å². The maximum atomic E-state index is 9.93. The van der Waals surface area contributed by atoms with E-state index in [0.717, 1.165) is 12.8 Å². The fourth-order valence-corrected chi connectivity index (χ4v) is 0.845. The maximum absolute atomic E-state index is 9.93. The van der Waals surface area contributed by atoms with Crippen LogP contribution in [0, 0.1) is 0 Å². The molecule has 0 aliphatic heterocycles. The summed E-state index contributed by atoms with van der Waals surface area (Å²) in [6.07, 6.45) is 2.57. The molecule has 0 spiro atoms. The minimum atomic E-state index is -4.20. The van der Waals surface area contributed by atoms with Crippen molar-refractivity contribution in [1.82, 2.24) is 0 Å². The first-order valence-electron chi connectivity index (χ1n) is 3.18. The molecule has 0 aromatic heterocycles. The second-order valence-electron chi connectivity index (χ2n) is 1.96. The largest absolute Gasteiger partial charge is 1.00 e. The fraction of sp³-hybridized carbons (Fsp3) is 1.00. The molecule has 0 radical (unpaired) electrons. The van der Waals surface area contributed by atoms with Gasteiger partial charge in [0.1, 0.15) is 0 Å². The van der Waals surface area contributed by atoms with Gasteiger partial charge in [-0.1, -0.05) is 19.8 Å². The average Bonchev–Trinajstić information content (AvgIpc) is 1.78. The number of hydrogen-bond donors (Lipinski definition) is 1. The van der Waals surface area contributed by atoms with Crippen molar-refractivity contribution in [3.8, 4) is 0 Å². The third-order valence-electron chi connectivity index (χ3n) is 0.980. The molecule has 0 aromatic rings. The van der Waals surface area contributed by atoms with Crippen LogP contribution < -0.4 is 58.2 Å². The summed E-state index contributed by atoms with van der Waals surface area (Å²) in [6, 6.07) is 0. The average molecular weight is 255 g/mol.